The minimum Gasteiger partial charge on any atom is -0.363 e. The minimum absolute atomic E-state index is 0.0637. The van der Waals surface area contributed by atoms with Gasteiger partial charge in [-0.2, -0.15) is 0 Å². The third kappa shape index (κ3) is 0.462. The lowest BCUT2D eigenvalue weighted by molar-refractivity contribution is -0.137. The normalized spacial score (nSPS) is 65.1. The molecular formula is C8H10O3. The van der Waals surface area contributed by atoms with Crippen LogP contribution in [-0.4, -0.2) is 29.2 Å². The van der Waals surface area contributed by atoms with Crippen molar-refractivity contribution < 1.29 is 14.3 Å². The van der Waals surface area contributed by atoms with Gasteiger partial charge in [0.15, 0.2) is 11.4 Å². The fraction of sp³-hybridized carbons (Fsp3) is 0.875. The molecule has 0 aromatic rings. The van der Waals surface area contributed by atoms with Crippen molar-refractivity contribution in [2.75, 3.05) is 0 Å². The number of Topliss-reactive ketones (excluding diaryl/α,β-unsaturated/α-hetero) is 1. The molecule has 3 nitrogen and oxygen atoms in total. The Labute approximate surface area is 64.7 Å². The summed E-state index contributed by atoms with van der Waals surface area (Å²) in [4.78, 5) is 11.4. The number of rotatable bonds is 0. The van der Waals surface area contributed by atoms with Crippen molar-refractivity contribution in [2.24, 2.45) is 0 Å². The van der Waals surface area contributed by atoms with Gasteiger partial charge in [-0.15, -0.1) is 0 Å². The highest BCUT2D eigenvalue weighted by Gasteiger charge is 2.77. The van der Waals surface area contributed by atoms with Gasteiger partial charge in [-0.3, -0.25) is 4.79 Å². The predicted molar refractivity (Wildman–Crippen MR) is 36.2 cm³/mol. The molecule has 0 N–H and O–H groups in total. The van der Waals surface area contributed by atoms with E-state index in [2.05, 4.69) is 0 Å². The first-order chi connectivity index (χ1) is 5.06. The molecule has 0 saturated carbocycles. The maximum absolute atomic E-state index is 11.4. The molecule has 0 spiro atoms. The van der Waals surface area contributed by atoms with Crippen LogP contribution >= 0.6 is 0 Å². The lowest BCUT2D eigenvalue weighted by Gasteiger charge is -2.19. The highest BCUT2D eigenvalue weighted by Crippen LogP contribution is 2.58. The Bertz CT molecular complexity index is 262. The number of epoxide rings is 1. The molecule has 0 aromatic heterocycles. The monoisotopic (exact) mass is 154 g/mol. The van der Waals surface area contributed by atoms with Gasteiger partial charge in [0.25, 0.3) is 0 Å². The van der Waals surface area contributed by atoms with Crippen molar-refractivity contribution in [3.63, 3.8) is 0 Å². The van der Waals surface area contributed by atoms with Gasteiger partial charge in [-0.25, -0.2) is 0 Å². The van der Waals surface area contributed by atoms with E-state index in [1.807, 2.05) is 13.8 Å². The van der Waals surface area contributed by atoms with Crippen LogP contribution in [0.25, 0.3) is 0 Å². The van der Waals surface area contributed by atoms with Crippen LogP contribution in [0, 0.1) is 0 Å². The summed E-state index contributed by atoms with van der Waals surface area (Å²) in [6.07, 6.45) is 0.795. The first kappa shape index (κ1) is 6.14. The SMILES string of the molecule is CC12CC(=O)C(C)(O1)C1OC12. The number of carbonyl (C=O) groups excluding carboxylic acids is 1. The molecule has 0 aliphatic carbocycles. The highest BCUT2D eigenvalue weighted by atomic mass is 16.7. The molecule has 4 unspecified atom stereocenters. The van der Waals surface area contributed by atoms with Crippen LogP contribution in [0.1, 0.15) is 20.3 Å². The molecule has 3 saturated heterocycles. The summed E-state index contributed by atoms with van der Waals surface area (Å²) in [5.41, 5.74) is -0.893. The summed E-state index contributed by atoms with van der Waals surface area (Å²) in [6.45, 7) is 3.81. The molecule has 3 rings (SSSR count). The molecule has 3 heterocycles. The molecule has 4 atom stereocenters. The zero-order valence-corrected chi connectivity index (χ0v) is 6.59. The molecule has 11 heavy (non-hydrogen) atoms. The van der Waals surface area contributed by atoms with E-state index >= 15 is 0 Å². The van der Waals surface area contributed by atoms with Crippen LogP contribution < -0.4 is 0 Å². The summed E-state index contributed by atoms with van der Waals surface area (Å²) in [6, 6.07) is 0. The maximum atomic E-state index is 11.4. The van der Waals surface area contributed by atoms with Crippen molar-refractivity contribution in [1.82, 2.24) is 0 Å². The zero-order chi connectivity index (χ0) is 7.85. The number of hydrogen-bond acceptors (Lipinski definition) is 3. The third-order valence-electron chi connectivity index (χ3n) is 3.15. The van der Waals surface area contributed by atoms with Crippen molar-refractivity contribution in [1.29, 1.82) is 0 Å². The lowest BCUT2D eigenvalue weighted by atomic mass is 9.83. The van der Waals surface area contributed by atoms with E-state index in [1.54, 1.807) is 0 Å². The maximum Gasteiger partial charge on any atom is 0.170 e. The Morgan fingerprint density at radius 2 is 2.18 bits per heavy atom. The smallest absolute Gasteiger partial charge is 0.170 e. The standard InChI is InChI=1S/C8H10O3/c1-7-3-4(9)8(2,11-7)6-5(7)10-6/h5-6H,3H2,1-2H3. The second-order valence-electron chi connectivity index (χ2n) is 4.10. The van der Waals surface area contributed by atoms with Gasteiger partial charge in [-0.1, -0.05) is 0 Å². The van der Waals surface area contributed by atoms with Gasteiger partial charge in [0.2, 0.25) is 0 Å². The van der Waals surface area contributed by atoms with E-state index in [0.29, 0.717) is 6.42 Å². The van der Waals surface area contributed by atoms with Crippen LogP contribution in [0.5, 0.6) is 0 Å². The molecule has 3 fully saturated rings. The summed E-state index contributed by atoms with van der Waals surface area (Å²) >= 11 is 0. The molecule has 0 radical (unpaired) electrons. The van der Waals surface area contributed by atoms with Gasteiger partial charge in [0.05, 0.1) is 0 Å². The fourth-order valence-corrected chi connectivity index (χ4v) is 2.44. The quantitative estimate of drug-likeness (QED) is 0.470. The molecule has 3 aliphatic heterocycles. The van der Waals surface area contributed by atoms with E-state index < -0.39 is 5.60 Å². The largest absolute Gasteiger partial charge is 0.363 e. The Morgan fingerprint density at radius 1 is 1.45 bits per heavy atom. The summed E-state index contributed by atoms with van der Waals surface area (Å²) in [5, 5.41) is 0. The summed E-state index contributed by atoms with van der Waals surface area (Å²) in [7, 11) is 0. The first-order valence-corrected chi connectivity index (χ1v) is 3.95. The molecule has 0 amide bonds. The van der Waals surface area contributed by atoms with Gasteiger partial charge in [0, 0.05) is 6.42 Å². The van der Waals surface area contributed by atoms with Gasteiger partial charge < -0.3 is 9.47 Å². The van der Waals surface area contributed by atoms with E-state index in [9.17, 15) is 4.79 Å². The summed E-state index contributed by atoms with van der Waals surface area (Å²) in [5.74, 6) is 0.207. The molecular weight excluding hydrogens is 144 g/mol. The van der Waals surface area contributed by atoms with E-state index in [0.717, 1.165) is 0 Å². The number of ether oxygens (including phenoxy) is 2. The third-order valence-corrected chi connectivity index (χ3v) is 3.15. The zero-order valence-electron chi connectivity index (χ0n) is 6.59. The van der Waals surface area contributed by atoms with E-state index in [1.165, 1.54) is 0 Å². The number of ketones is 1. The fourth-order valence-electron chi connectivity index (χ4n) is 2.44. The van der Waals surface area contributed by atoms with Crippen LogP contribution in [0.2, 0.25) is 0 Å². The Morgan fingerprint density at radius 3 is 2.64 bits per heavy atom. The van der Waals surface area contributed by atoms with Crippen molar-refractivity contribution >= 4 is 5.78 Å². The lowest BCUT2D eigenvalue weighted by Crippen LogP contribution is -2.37. The van der Waals surface area contributed by atoms with Crippen LogP contribution in [-0.2, 0) is 14.3 Å². The summed E-state index contributed by atoms with van der Waals surface area (Å²) < 4.78 is 11.0. The topological polar surface area (TPSA) is 38.8 Å². The average Bonchev–Trinajstić information content (AvgIpc) is 2.55. The highest BCUT2D eigenvalue weighted by molar-refractivity contribution is 5.93. The van der Waals surface area contributed by atoms with Crippen LogP contribution in [0.3, 0.4) is 0 Å². The molecule has 2 bridgehead atoms. The average molecular weight is 154 g/mol. The van der Waals surface area contributed by atoms with Gasteiger partial charge >= 0.3 is 0 Å². The van der Waals surface area contributed by atoms with Crippen LogP contribution in [0.15, 0.2) is 0 Å². The molecule has 3 heteroatoms. The molecule has 0 aromatic carbocycles. The van der Waals surface area contributed by atoms with E-state index in [4.69, 9.17) is 9.47 Å². The molecule has 60 valence electrons. The first-order valence-electron chi connectivity index (χ1n) is 3.95. The van der Waals surface area contributed by atoms with Gasteiger partial charge in [0.1, 0.15) is 17.8 Å². The van der Waals surface area contributed by atoms with Crippen LogP contribution in [0.4, 0.5) is 0 Å². The Balaban J connectivity index is 2.14. The van der Waals surface area contributed by atoms with Gasteiger partial charge in [-0.05, 0) is 13.8 Å². The number of hydrogen-bond donors (Lipinski definition) is 0. The van der Waals surface area contributed by atoms with Crippen molar-refractivity contribution in [3.8, 4) is 0 Å². The second-order valence-corrected chi connectivity index (χ2v) is 4.10. The Hall–Kier alpha value is -0.410. The Kier molecular flexibility index (Phi) is 0.710. The predicted octanol–water partition coefficient (Wildman–Crippen LogP) is 0.274. The second kappa shape index (κ2) is 1.27. The van der Waals surface area contributed by atoms with E-state index in [-0.39, 0.29) is 23.6 Å². The molecule has 3 aliphatic rings. The van der Waals surface area contributed by atoms with Crippen molar-refractivity contribution in [3.05, 3.63) is 0 Å². The number of fused-ring (bicyclic) bond motifs is 5. The minimum atomic E-state index is -0.598. The number of carbonyl (C=O) groups is 1. The van der Waals surface area contributed by atoms with Crippen molar-refractivity contribution in [2.45, 2.75) is 43.7 Å².